The van der Waals surface area contributed by atoms with Crippen LogP contribution in [0, 0.1) is 0 Å². The summed E-state index contributed by atoms with van der Waals surface area (Å²) in [4.78, 5) is 10.9. The van der Waals surface area contributed by atoms with Crippen LogP contribution in [0.4, 0.5) is 5.95 Å². The molecule has 21 heavy (non-hydrogen) atoms. The molecule has 112 valence electrons. The molecule has 0 amide bonds. The SMILES string of the molecule is CCCNCc1cnc(N(C)Cc2ccccc2Br)nc1. The number of hydrogen-bond acceptors (Lipinski definition) is 4. The van der Waals surface area contributed by atoms with E-state index in [4.69, 9.17) is 0 Å². The molecule has 0 unspecified atom stereocenters. The molecule has 5 heteroatoms. The van der Waals surface area contributed by atoms with E-state index >= 15 is 0 Å². The van der Waals surface area contributed by atoms with Crippen LogP contribution in [0.5, 0.6) is 0 Å². The average Bonchev–Trinajstić information content (AvgIpc) is 2.50. The van der Waals surface area contributed by atoms with Crippen molar-refractivity contribution >= 4 is 21.9 Å². The second-order valence-electron chi connectivity index (χ2n) is 5.02. The lowest BCUT2D eigenvalue weighted by Gasteiger charge is -2.18. The van der Waals surface area contributed by atoms with Gasteiger partial charge in [0.1, 0.15) is 0 Å². The Balaban J connectivity index is 1.96. The lowest BCUT2D eigenvalue weighted by atomic mass is 10.2. The van der Waals surface area contributed by atoms with Crippen molar-refractivity contribution in [3.63, 3.8) is 0 Å². The molecular formula is C16H21BrN4. The van der Waals surface area contributed by atoms with Crippen LogP contribution in [0.3, 0.4) is 0 Å². The summed E-state index contributed by atoms with van der Waals surface area (Å²) in [5, 5.41) is 3.35. The van der Waals surface area contributed by atoms with Crippen LogP contribution in [0.2, 0.25) is 0 Å². The quantitative estimate of drug-likeness (QED) is 0.778. The summed E-state index contributed by atoms with van der Waals surface area (Å²) in [6.07, 6.45) is 4.91. The molecule has 1 aromatic carbocycles. The van der Waals surface area contributed by atoms with E-state index in [0.29, 0.717) is 0 Å². The first kappa shape index (κ1) is 15.9. The molecule has 0 aliphatic carbocycles. The molecule has 0 radical (unpaired) electrons. The van der Waals surface area contributed by atoms with Gasteiger partial charge in [0.05, 0.1) is 0 Å². The van der Waals surface area contributed by atoms with E-state index in [-0.39, 0.29) is 0 Å². The van der Waals surface area contributed by atoms with E-state index in [9.17, 15) is 0 Å². The van der Waals surface area contributed by atoms with Crippen LogP contribution in [0.1, 0.15) is 24.5 Å². The summed E-state index contributed by atoms with van der Waals surface area (Å²) in [6.45, 7) is 4.77. The van der Waals surface area contributed by atoms with Gasteiger partial charge in [-0.05, 0) is 24.6 Å². The van der Waals surface area contributed by atoms with E-state index < -0.39 is 0 Å². The van der Waals surface area contributed by atoms with Crippen LogP contribution in [0.15, 0.2) is 41.1 Å². The maximum absolute atomic E-state index is 4.44. The highest BCUT2D eigenvalue weighted by Crippen LogP contribution is 2.18. The van der Waals surface area contributed by atoms with Crippen LogP contribution in [-0.4, -0.2) is 23.6 Å². The van der Waals surface area contributed by atoms with Gasteiger partial charge in [0.15, 0.2) is 0 Å². The third-order valence-corrected chi connectivity index (χ3v) is 3.93. The van der Waals surface area contributed by atoms with Gasteiger partial charge in [0.25, 0.3) is 0 Å². The van der Waals surface area contributed by atoms with E-state index in [1.807, 2.05) is 42.5 Å². The summed E-state index contributed by atoms with van der Waals surface area (Å²) in [7, 11) is 2.00. The molecule has 0 saturated heterocycles. The molecule has 0 aliphatic rings. The van der Waals surface area contributed by atoms with Gasteiger partial charge in [-0.1, -0.05) is 41.1 Å². The van der Waals surface area contributed by atoms with Crippen molar-refractivity contribution in [2.75, 3.05) is 18.5 Å². The van der Waals surface area contributed by atoms with E-state index in [1.165, 1.54) is 5.56 Å². The Labute approximate surface area is 134 Å². The predicted octanol–water partition coefficient (Wildman–Crippen LogP) is 3.38. The smallest absolute Gasteiger partial charge is 0.225 e. The number of nitrogens with zero attached hydrogens (tertiary/aromatic N) is 3. The molecule has 0 saturated carbocycles. The lowest BCUT2D eigenvalue weighted by Crippen LogP contribution is -2.20. The van der Waals surface area contributed by atoms with Crippen LogP contribution < -0.4 is 10.2 Å². The van der Waals surface area contributed by atoms with Gasteiger partial charge in [-0.15, -0.1) is 0 Å². The molecule has 0 aliphatic heterocycles. The van der Waals surface area contributed by atoms with Crippen molar-refractivity contribution in [1.29, 1.82) is 0 Å². The summed E-state index contributed by atoms with van der Waals surface area (Å²) >= 11 is 3.57. The van der Waals surface area contributed by atoms with Crippen molar-refractivity contribution in [2.45, 2.75) is 26.4 Å². The van der Waals surface area contributed by atoms with Crippen molar-refractivity contribution in [3.05, 3.63) is 52.3 Å². The fourth-order valence-electron chi connectivity index (χ4n) is 2.00. The Morgan fingerprint density at radius 1 is 1.19 bits per heavy atom. The fraction of sp³-hybridized carbons (Fsp3) is 0.375. The number of anilines is 1. The first-order valence-electron chi connectivity index (χ1n) is 7.17. The van der Waals surface area contributed by atoms with Gasteiger partial charge < -0.3 is 10.2 Å². The van der Waals surface area contributed by atoms with E-state index in [1.54, 1.807) is 0 Å². The second-order valence-corrected chi connectivity index (χ2v) is 5.87. The number of benzene rings is 1. The lowest BCUT2D eigenvalue weighted by molar-refractivity contribution is 0.671. The van der Waals surface area contributed by atoms with Crippen molar-refractivity contribution in [1.82, 2.24) is 15.3 Å². The normalized spacial score (nSPS) is 10.6. The zero-order valence-corrected chi connectivity index (χ0v) is 14.1. The zero-order valence-electron chi connectivity index (χ0n) is 12.5. The van der Waals surface area contributed by atoms with Crippen molar-refractivity contribution in [2.24, 2.45) is 0 Å². The summed E-state index contributed by atoms with van der Waals surface area (Å²) < 4.78 is 1.11. The van der Waals surface area contributed by atoms with Crippen molar-refractivity contribution in [3.8, 4) is 0 Å². The molecule has 0 fully saturated rings. The van der Waals surface area contributed by atoms with Crippen molar-refractivity contribution < 1.29 is 0 Å². The standard InChI is InChI=1S/C16H21BrN4/c1-3-8-18-9-13-10-19-16(20-11-13)21(2)12-14-6-4-5-7-15(14)17/h4-7,10-11,18H,3,8-9,12H2,1-2H3. The topological polar surface area (TPSA) is 41.1 Å². The molecular weight excluding hydrogens is 328 g/mol. The number of rotatable bonds is 7. The Bertz CT molecular complexity index is 556. The Hall–Kier alpha value is -1.46. The summed E-state index contributed by atoms with van der Waals surface area (Å²) in [5.41, 5.74) is 2.33. The van der Waals surface area contributed by atoms with E-state index in [0.717, 1.165) is 42.0 Å². The summed E-state index contributed by atoms with van der Waals surface area (Å²) in [6, 6.07) is 8.20. The van der Waals surface area contributed by atoms with E-state index in [2.05, 4.69) is 44.2 Å². The Kier molecular flexibility index (Phi) is 6.14. The highest BCUT2D eigenvalue weighted by atomic mass is 79.9. The largest absolute Gasteiger partial charge is 0.340 e. The molecule has 0 atom stereocenters. The predicted molar refractivity (Wildman–Crippen MR) is 90.3 cm³/mol. The van der Waals surface area contributed by atoms with Gasteiger partial charge in [0.2, 0.25) is 5.95 Å². The number of nitrogens with one attached hydrogen (secondary N) is 1. The highest BCUT2D eigenvalue weighted by Gasteiger charge is 2.07. The third-order valence-electron chi connectivity index (χ3n) is 3.15. The molecule has 4 nitrogen and oxygen atoms in total. The molecule has 1 heterocycles. The maximum atomic E-state index is 4.44. The number of halogens is 1. The van der Waals surface area contributed by atoms with Gasteiger partial charge >= 0.3 is 0 Å². The van der Waals surface area contributed by atoms with Gasteiger partial charge in [-0.2, -0.15) is 0 Å². The van der Waals surface area contributed by atoms with Crippen LogP contribution in [0.25, 0.3) is 0 Å². The molecule has 1 aromatic heterocycles. The minimum Gasteiger partial charge on any atom is -0.340 e. The summed E-state index contributed by atoms with van der Waals surface area (Å²) in [5.74, 6) is 0.741. The fourth-order valence-corrected chi connectivity index (χ4v) is 2.41. The molecule has 0 spiro atoms. The molecule has 2 rings (SSSR count). The Morgan fingerprint density at radius 2 is 1.90 bits per heavy atom. The Morgan fingerprint density at radius 3 is 2.57 bits per heavy atom. The van der Waals surface area contributed by atoms with Crippen LogP contribution >= 0.6 is 15.9 Å². The third kappa shape index (κ3) is 4.79. The minimum atomic E-state index is 0.741. The van der Waals surface area contributed by atoms with Gasteiger partial charge in [-0.3, -0.25) is 0 Å². The first-order valence-corrected chi connectivity index (χ1v) is 7.96. The maximum Gasteiger partial charge on any atom is 0.225 e. The molecule has 1 N–H and O–H groups in total. The minimum absolute atomic E-state index is 0.741. The van der Waals surface area contributed by atoms with Gasteiger partial charge in [-0.25, -0.2) is 9.97 Å². The molecule has 2 aromatic rings. The van der Waals surface area contributed by atoms with Crippen LogP contribution in [-0.2, 0) is 13.1 Å². The number of hydrogen-bond donors (Lipinski definition) is 1. The second kappa shape index (κ2) is 8.10. The highest BCUT2D eigenvalue weighted by molar-refractivity contribution is 9.10. The number of aromatic nitrogens is 2. The molecule has 0 bridgehead atoms. The average molecular weight is 349 g/mol. The zero-order chi connectivity index (χ0) is 15.1. The van der Waals surface area contributed by atoms with Gasteiger partial charge in [0, 0.05) is 42.6 Å². The first-order chi connectivity index (χ1) is 10.2. The monoisotopic (exact) mass is 348 g/mol.